The highest BCUT2D eigenvalue weighted by Gasteiger charge is 2.37. The lowest BCUT2D eigenvalue weighted by molar-refractivity contribution is -0.132. The third-order valence-corrected chi connectivity index (χ3v) is 10.7. The van der Waals surface area contributed by atoms with Crippen LogP contribution in [0.15, 0.2) is 71.7 Å². The molecule has 3 aromatic rings. The van der Waals surface area contributed by atoms with Crippen LogP contribution in [0.1, 0.15) is 88.1 Å². The summed E-state index contributed by atoms with van der Waals surface area (Å²) >= 11 is 0. The second-order valence-electron chi connectivity index (χ2n) is 15.8. The summed E-state index contributed by atoms with van der Waals surface area (Å²) in [4.78, 5) is 111. The minimum Gasteiger partial charge on any atom is -0.370 e. The summed E-state index contributed by atoms with van der Waals surface area (Å²) in [6, 6.07) is 14.6. The second-order valence-corrected chi connectivity index (χ2v) is 15.8. The van der Waals surface area contributed by atoms with E-state index in [2.05, 4.69) is 36.9 Å². The fourth-order valence-corrected chi connectivity index (χ4v) is 7.29. The maximum Gasteiger partial charge on any atom is 0.257 e. The van der Waals surface area contributed by atoms with Gasteiger partial charge in [0.1, 0.15) is 36.8 Å². The molecule has 0 fully saturated rings. The van der Waals surface area contributed by atoms with Crippen molar-refractivity contribution in [3.63, 3.8) is 0 Å². The van der Waals surface area contributed by atoms with E-state index in [4.69, 9.17) is 17.2 Å². The Bertz CT molecular complexity index is 2190. The van der Waals surface area contributed by atoms with E-state index < -0.39 is 78.1 Å². The Labute approximate surface area is 372 Å². The molecular weight excluding hydrogens is 823 g/mol. The first-order valence-electron chi connectivity index (χ1n) is 21.6. The number of fused-ring (bicyclic) bond motifs is 2. The minimum atomic E-state index is -1.22. The maximum absolute atomic E-state index is 14.1. The zero-order valence-corrected chi connectivity index (χ0v) is 36.6. The molecule has 1 aliphatic heterocycles. The zero-order chi connectivity index (χ0) is 46.8. The van der Waals surface area contributed by atoms with Crippen molar-refractivity contribution in [2.75, 3.05) is 25.0 Å². The number of amides is 8. The normalized spacial score (nSPS) is 15.2. The van der Waals surface area contributed by atoms with E-state index in [1.165, 1.54) is 19.9 Å². The van der Waals surface area contributed by atoms with E-state index >= 15 is 0 Å². The molecule has 1 aliphatic rings. The predicted molar refractivity (Wildman–Crippen MR) is 242 cm³/mol. The van der Waals surface area contributed by atoms with E-state index in [0.717, 1.165) is 27.7 Å². The first kappa shape index (κ1) is 49.6. The van der Waals surface area contributed by atoms with Gasteiger partial charge in [-0.05, 0) is 73.9 Å². The molecule has 19 heteroatoms. The topological polar surface area (TPSA) is 302 Å². The van der Waals surface area contributed by atoms with Crippen molar-refractivity contribution in [3.05, 3.63) is 77.9 Å². The summed E-state index contributed by atoms with van der Waals surface area (Å²) in [5.41, 5.74) is 17.9. The number of nitrogens with two attached hydrogens (primary N) is 3. The highest BCUT2D eigenvalue weighted by Crippen LogP contribution is 2.25. The van der Waals surface area contributed by atoms with Gasteiger partial charge in [0.05, 0.1) is 11.3 Å². The molecule has 0 bridgehead atoms. The number of hydrogen-bond donors (Lipinski definition) is 9. The molecule has 0 aliphatic carbocycles. The van der Waals surface area contributed by atoms with Gasteiger partial charge in [-0.15, -0.1) is 0 Å². The molecule has 0 saturated carbocycles. The summed E-state index contributed by atoms with van der Waals surface area (Å²) in [5, 5.41) is 18.1. The number of hydrogen-bond acceptors (Lipinski definition) is 9. The molecule has 5 atom stereocenters. The van der Waals surface area contributed by atoms with Crippen LogP contribution in [0.5, 0.6) is 0 Å². The molecule has 4 rings (SSSR count). The molecule has 1 heterocycles. The van der Waals surface area contributed by atoms with Gasteiger partial charge in [-0.25, -0.2) is 0 Å². The number of guanidine groups is 1. The largest absolute Gasteiger partial charge is 0.370 e. The van der Waals surface area contributed by atoms with Crippen LogP contribution in [0, 0.1) is 0 Å². The third kappa shape index (κ3) is 15.1. The first-order valence-corrected chi connectivity index (χ1v) is 21.6. The SMILES string of the molecule is CCCC[C@H](NC(C)=O)C(=O)N[C@@H](C)C(=O)NCCCCC1C(=O)Nc2ccccc2C(=O)N1CC(=O)N[C@@H](CCCN=C(N)N)C(=O)N[C@@H](Cc1ccc2ccccc2c1)C(N)=O. The van der Waals surface area contributed by atoms with E-state index in [0.29, 0.717) is 25.7 Å². The van der Waals surface area contributed by atoms with Gasteiger partial charge in [-0.2, -0.15) is 0 Å². The van der Waals surface area contributed by atoms with Crippen LogP contribution < -0.4 is 49.1 Å². The molecule has 0 radical (unpaired) electrons. The molecule has 0 spiro atoms. The van der Waals surface area contributed by atoms with E-state index in [1.807, 2.05) is 49.4 Å². The Morgan fingerprint density at radius 1 is 0.766 bits per heavy atom. The van der Waals surface area contributed by atoms with E-state index in [9.17, 15) is 38.4 Å². The lowest BCUT2D eigenvalue weighted by Gasteiger charge is -2.29. The van der Waals surface area contributed by atoms with Crippen LogP contribution in [0.3, 0.4) is 0 Å². The molecule has 0 aromatic heterocycles. The summed E-state index contributed by atoms with van der Waals surface area (Å²) in [6.45, 7) is 4.51. The number of nitrogens with zero attached hydrogens (tertiary/aromatic N) is 2. The highest BCUT2D eigenvalue weighted by molar-refractivity contribution is 6.10. The zero-order valence-electron chi connectivity index (χ0n) is 36.6. The predicted octanol–water partition coefficient (Wildman–Crippen LogP) is 0.840. The van der Waals surface area contributed by atoms with Gasteiger partial charge in [0.15, 0.2) is 5.96 Å². The van der Waals surface area contributed by atoms with Crippen molar-refractivity contribution in [1.82, 2.24) is 31.5 Å². The Kier molecular flexibility index (Phi) is 19.0. The molecule has 19 nitrogen and oxygen atoms in total. The summed E-state index contributed by atoms with van der Waals surface area (Å²) in [5.74, 6) is -4.80. The van der Waals surface area contributed by atoms with Crippen molar-refractivity contribution in [1.29, 1.82) is 0 Å². The van der Waals surface area contributed by atoms with Crippen LogP contribution in [0.4, 0.5) is 5.69 Å². The summed E-state index contributed by atoms with van der Waals surface area (Å²) in [6.07, 6.45) is 3.16. The number of carbonyl (C=O) groups excluding carboxylic acids is 8. The second kappa shape index (κ2) is 24.6. The van der Waals surface area contributed by atoms with Gasteiger partial charge in [0.25, 0.3) is 5.91 Å². The van der Waals surface area contributed by atoms with Crippen LogP contribution >= 0.6 is 0 Å². The number of nitrogens with one attached hydrogen (secondary N) is 6. The Hall–Kier alpha value is -7.05. The molecule has 344 valence electrons. The Morgan fingerprint density at radius 2 is 1.44 bits per heavy atom. The number of unbranched alkanes of at least 4 members (excludes halogenated alkanes) is 2. The van der Waals surface area contributed by atoms with Gasteiger partial charge in [-0.3, -0.25) is 43.3 Å². The van der Waals surface area contributed by atoms with Crippen molar-refractivity contribution in [3.8, 4) is 0 Å². The maximum atomic E-state index is 14.1. The fraction of sp³-hybridized carbons (Fsp3) is 0.444. The van der Waals surface area contributed by atoms with Crippen molar-refractivity contribution in [2.24, 2.45) is 22.2 Å². The van der Waals surface area contributed by atoms with Gasteiger partial charge in [0, 0.05) is 26.4 Å². The number of benzene rings is 3. The average molecular weight is 884 g/mol. The number of para-hydroxylation sites is 1. The van der Waals surface area contributed by atoms with Gasteiger partial charge in [0.2, 0.25) is 41.4 Å². The highest BCUT2D eigenvalue weighted by atomic mass is 16.2. The quantitative estimate of drug-likeness (QED) is 0.0347. The molecule has 1 unspecified atom stereocenters. The number of rotatable bonds is 24. The van der Waals surface area contributed by atoms with Crippen LogP contribution in [-0.4, -0.2) is 108 Å². The van der Waals surface area contributed by atoms with Crippen molar-refractivity contribution in [2.45, 2.75) is 109 Å². The van der Waals surface area contributed by atoms with Crippen LogP contribution in [0.2, 0.25) is 0 Å². The molecule has 0 saturated heterocycles. The molecular formula is C45H61N11O8. The van der Waals surface area contributed by atoms with Gasteiger partial charge in [-0.1, -0.05) is 74.4 Å². The lowest BCUT2D eigenvalue weighted by atomic mass is 10.0. The fourth-order valence-electron chi connectivity index (χ4n) is 7.29. The van der Waals surface area contributed by atoms with Crippen LogP contribution in [-0.2, 0) is 40.0 Å². The molecule has 64 heavy (non-hydrogen) atoms. The van der Waals surface area contributed by atoms with Crippen molar-refractivity contribution >= 4 is 69.7 Å². The number of primary amides is 1. The number of aliphatic imine (C=N–C) groups is 1. The third-order valence-electron chi connectivity index (χ3n) is 10.7. The summed E-state index contributed by atoms with van der Waals surface area (Å²) < 4.78 is 0. The van der Waals surface area contributed by atoms with Crippen LogP contribution in [0.25, 0.3) is 10.8 Å². The Balaban J connectivity index is 1.43. The van der Waals surface area contributed by atoms with Gasteiger partial charge < -0.3 is 54.0 Å². The monoisotopic (exact) mass is 883 g/mol. The lowest BCUT2D eigenvalue weighted by Crippen LogP contribution is -2.56. The number of carbonyl (C=O) groups is 8. The van der Waals surface area contributed by atoms with E-state index in [1.54, 1.807) is 18.2 Å². The molecule has 12 N–H and O–H groups in total. The number of anilines is 1. The smallest absolute Gasteiger partial charge is 0.257 e. The average Bonchev–Trinajstić information content (AvgIpc) is 3.34. The minimum absolute atomic E-state index is 0.0409. The Morgan fingerprint density at radius 3 is 2.14 bits per heavy atom. The van der Waals surface area contributed by atoms with E-state index in [-0.39, 0.29) is 61.9 Å². The first-order chi connectivity index (χ1) is 30.6. The summed E-state index contributed by atoms with van der Waals surface area (Å²) in [7, 11) is 0. The van der Waals surface area contributed by atoms with Crippen molar-refractivity contribution < 1.29 is 38.4 Å². The molecule has 8 amide bonds. The van der Waals surface area contributed by atoms with Gasteiger partial charge >= 0.3 is 0 Å². The molecule has 3 aromatic carbocycles. The standard InChI is InChI=1S/C45H61N11O8/c1-4-5-16-34(52-28(3)57)41(61)51-27(2)40(60)49-22-11-10-19-37-43(63)54-33-17-9-8-15-32(33)44(64)56(37)26-38(58)53-35(18-12-23-50-45(47)48)42(62)55-36(39(46)59)25-29-20-21-30-13-6-7-14-31(30)24-29/h6-9,13-15,17,20-21,24,27,34-37H,4-5,10-12,16,18-19,22-23,25-26H2,1-3H3,(H2,46,59)(H,49,60)(H,51,61)(H,52,57)(H,53,58)(H,54,63)(H,55,62)(H4,47,48,50)/t27-,34-,35-,36-,37?/m0/s1.